The van der Waals surface area contributed by atoms with Crippen LogP contribution in [0.2, 0.25) is 0 Å². The first-order valence-electron chi connectivity index (χ1n) is 15.4. The molecule has 2 saturated heterocycles. The number of ether oxygens (including phenoxy) is 2. The minimum absolute atomic E-state index is 0.00311. The average molecular weight is 661 g/mol. The monoisotopic (exact) mass is 660 g/mol. The lowest BCUT2D eigenvalue weighted by atomic mass is 10.00. The number of nitrogens with one attached hydrogen (secondary N) is 1. The molecule has 0 saturated carbocycles. The molecule has 47 heavy (non-hydrogen) atoms. The van der Waals surface area contributed by atoms with Gasteiger partial charge in [0, 0.05) is 73.1 Å². The molecule has 2 fully saturated rings. The fourth-order valence-corrected chi connectivity index (χ4v) is 6.56. The number of nitrogens with zero attached hydrogens (tertiary/aromatic N) is 3. The fourth-order valence-electron chi connectivity index (χ4n) is 6.56. The normalized spacial score (nSPS) is 17.8. The molecule has 6 rings (SSSR count). The second-order valence-electron chi connectivity index (χ2n) is 11.9. The van der Waals surface area contributed by atoms with Gasteiger partial charge >= 0.3 is 12.4 Å². The van der Waals surface area contributed by atoms with Crippen LogP contribution in [0, 0.1) is 0 Å². The number of likely N-dealkylation sites (tertiary alicyclic amines) is 1. The zero-order valence-corrected chi connectivity index (χ0v) is 25.7. The number of anilines is 2. The topological polar surface area (TPSA) is 66.9 Å². The van der Waals surface area contributed by atoms with Crippen molar-refractivity contribution in [3.8, 4) is 5.75 Å². The first-order valence-corrected chi connectivity index (χ1v) is 15.4. The standard InChI is InChI=1S/C34H34F6N4O3/c1-46-30-18-22(32(45)44-11-9-26(10-12-44)43-13-15-47-16-14-43)6-5-21(30)17-25-20-29(31-27(34(38,39)40)7-8-28(31)42-25)41-24-4-2-3-23(19-24)33(35,36)37/h2-7,18-20,26H,8-17H2,1H3,(H,41,42). The summed E-state index contributed by atoms with van der Waals surface area (Å²) in [5.41, 5.74) is -0.370. The van der Waals surface area contributed by atoms with E-state index in [-0.39, 0.29) is 41.4 Å². The zero-order chi connectivity index (χ0) is 33.3. The van der Waals surface area contributed by atoms with Crippen LogP contribution in [0.15, 0.2) is 54.6 Å². The summed E-state index contributed by atoms with van der Waals surface area (Å²) in [6.45, 7) is 4.54. The highest BCUT2D eigenvalue weighted by molar-refractivity contribution is 5.95. The summed E-state index contributed by atoms with van der Waals surface area (Å²) < 4.78 is 93.0. The van der Waals surface area contributed by atoms with Crippen LogP contribution < -0.4 is 10.1 Å². The number of allylic oxidation sites excluding steroid dienone is 2. The molecule has 7 nitrogen and oxygen atoms in total. The number of hydrogen-bond acceptors (Lipinski definition) is 6. The van der Waals surface area contributed by atoms with Crippen LogP contribution in [0.1, 0.15) is 51.3 Å². The third kappa shape index (κ3) is 7.25. The van der Waals surface area contributed by atoms with Gasteiger partial charge in [-0.05, 0) is 49.2 Å². The molecular weight excluding hydrogens is 626 g/mol. The highest BCUT2D eigenvalue weighted by Crippen LogP contribution is 2.44. The Morgan fingerprint density at radius 1 is 0.979 bits per heavy atom. The number of morpholine rings is 1. The lowest BCUT2D eigenvalue weighted by Gasteiger charge is -2.40. The number of fused-ring (bicyclic) bond motifs is 1. The van der Waals surface area contributed by atoms with E-state index in [4.69, 9.17) is 9.47 Å². The molecule has 250 valence electrons. The van der Waals surface area contributed by atoms with Crippen molar-refractivity contribution in [3.05, 3.63) is 88.2 Å². The Morgan fingerprint density at radius 2 is 1.72 bits per heavy atom. The van der Waals surface area contributed by atoms with Crippen molar-refractivity contribution >= 4 is 22.9 Å². The Bertz CT molecular complexity index is 1660. The first kappa shape index (κ1) is 32.8. The molecule has 1 N–H and O–H groups in total. The van der Waals surface area contributed by atoms with Crippen LogP contribution in [-0.2, 0) is 23.8 Å². The number of methoxy groups -OCH3 is 1. The van der Waals surface area contributed by atoms with Crippen molar-refractivity contribution in [2.45, 2.75) is 44.1 Å². The van der Waals surface area contributed by atoms with Gasteiger partial charge in [-0.3, -0.25) is 14.7 Å². The van der Waals surface area contributed by atoms with Gasteiger partial charge in [-0.15, -0.1) is 0 Å². The molecule has 1 amide bonds. The zero-order valence-electron chi connectivity index (χ0n) is 25.7. The summed E-state index contributed by atoms with van der Waals surface area (Å²) in [6, 6.07) is 11.2. The van der Waals surface area contributed by atoms with E-state index >= 15 is 0 Å². The molecule has 0 spiro atoms. The summed E-state index contributed by atoms with van der Waals surface area (Å²) in [7, 11) is 1.47. The van der Waals surface area contributed by atoms with Crippen LogP contribution in [-0.4, -0.2) is 79.4 Å². The fraction of sp³-hybridized carbons (Fsp3) is 0.412. The van der Waals surface area contributed by atoms with Gasteiger partial charge in [-0.1, -0.05) is 18.2 Å². The van der Waals surface area contributed by atoms with E-state index in [0.717, 1.165) is 57.4 Å². The largest absolute Gasteiger partial charge is 0.496 e. The number of aromatic nitrogens is 1. The number of rotatable bonds is 7. The second-order valence-corrected chi connectivity index (χ2v) is 11.9. The summed E-state index contributed by atoms with van der Waals surface area (Å²) in [5.74, 6) is 0.312. The molecule has 3 aromatic rings. The number of pyridine rings is 1. The number of benzene rings is 2. The highest BCUT2D eigenvalue weighted by Gasteiger charge is 2.40. The van der Waals surface area contributed by atoms with Gasteiger partial charge in [0.05, 0.1) is 42.8 Å². The smallest absolute Gasteiger partial charge is 0.416 e. The van der Waals surface area contributed by atoms with Gasteiger partial charge in [0.15, 0.2) is 0 Å². The highest BCUT2D eigenvalue weighted by atomic mass is 19.4. The maximum Gasteiger partial charge on any atom is 0.416 e. The van der Waals surface area contributed by atoms with Gasteiger partial charge < -0.3 is 19.7 Å². The minimum atomic E-state index is -4.68. The Morgan fingerprint density at radius 3 is 2.40 bits per heavy atom. The molecule has 0 bridgehead atoms. The van der Waals surface area contributed by atoms with Gasteiger partial charge in [-0.25, -0.2) is 0 Å². The minimum Gasteiger partial charge on any atom is -0.496 e. The van der Waals surface area contributed by atoms with Crippen LogP contribution in [0.3, 0.4) is 0 Å². The van der Waals surface area contributed by atoms with E-state index in [1.54, 1.807) is 18.2 Å². The number of carbonyl (C=O) groups is 1. The Hall–Kier alpha value is -4.10. The third-order valence-corrected chi connectivity index (χ3v) is 8.91. The molecular formula is C34H34F6N4O3. The molecule has 1 aliphatic carbocycles. The predicted molar refractivity (Wildman–Crippen MR) is 164 cm³/mol. The Labute approximate surface area is 268 Å². The molecule has 0 unspecified atom stereocenters. The molecule has 3 aliphatic rings. The van der Waals surface area contributed by atoms with Crippen LogP contribution in [0.5, 0.6) is 5.75 Å². The lowest BCUT2D eigenvalue weighted by Crippen LogP contribution is -2.50. The predicted octanol–water partition coefficient (Wildman–Crippen LogP) is 6.88. The van der Waals surface area contributed by atoms with E-state index in [1.807, 2.05) is 4.90 Å². The number of piperidine rings is 1. The Kier molecular flexibility index (Phi) is 9.21. The number of amides is 1. The Balaban J connectivity index is 1.23. The van der Waals surface area contributed by atoms with E-state index in [2.05, 4.69) is 15.2 Å². The number of hydrogen-bond donors (Lipinski definition) is 1. The van der Waals surface area contributed by atoms with Gasteiger partial charge in [0.2, 0.25) is 0 Å². The van der Waals surface area contributed by atoms with E-state index < -0.39 is 23.5 Å². The lowest BCUT2D eigenvalue weighted by molar-refractivity contribution is -0.137. The average Bonchev–Trinajstić information content (AvgIpc) is 3.50. The van der Waals surface area contributed by atoms with Crippen molar-refractivity contribution in [2.24, 2.45) is 0 Å². The summed E-state index contributed by atoms with van der Waals surface area (Å²) in [4.78, 5) is 22.2. The summed E-state index contributed by atoms with van der Waals surface area (Å²) in [6.07, 6.45) is -6.44. The maximum atomic E-state index is 13.9. The van der Waals surface area contributed by atoms with E-state index in [0.29, 0.717) is 41.7 Å². The van der Waals surface area contributed by atoms with Gasteiger partial charge in [0.25, 0.3) is 5.91 Å². The van der Waals surface area contributed by atoms with Crippen molar-refractivity contribution in [3.63, 3.8) is 0 Å². The first-order chi connectivity index (χ1) is 22.4. The van der Waals surface area contributed by atoms with Crippen LogP contribution in [0.25, 0.3) is 5.57 Å². The summed E-state index contributed by atoms with van der Waals surface area (Å²) in [5, 5.41) is 2.79. The summed E-state index contributed by atoms with van der Waals surface area (Å²) >= 11 is 0. The van der Waals surface area contributed by atoms with Crippen molar-refractivity contribution in [2.75, 3.05) is 51.8 Å². The van der Waals surface area contributed by atoms with Crippen molar-refractivity contribution in [1.29, 1.82) is 0 Å². The van der Waals surface area contributed by atoms with Crippen LogP contribution >= 0.6 is 0 Å². The van der Waals surface area contributed by atoms with Gasteiger partial charge in [0.1, 0.15) is 5.75 Å². The van der Waals surface area contributed by atoms with Gasteiger partial charge in [-0.2, -0.15) is 26.3 Å². The molecule has 0 radical (unpaired) electrons. The number of halogens is 6. The molecule has 3 heterocycles. The maximum absolute atomic E-state index is 13.9. The number of carbonyl (C=O) groups excluding carboxylic acids is 1. The van der Waals surface area contributed by atoms with E-state index in [9.17, 15) is 31.1 Å². The quantitative estimate of drug-likeness (QED) is 0.279. The molecule has 13 heteroatoms. The molecule has 0 atom stereocenters. The molecule has 2 aliphatic heterocycles. The molecule has 2 aromatic carbocycles. The van der Waals surface area contributed by atoms with Crippen molar-refractivity contribution < 1.29 is 40.6 Å². The van der Waals surface area contributed by atoms with Crippen LogP contribution in [0.4, 0.5) is 37.7 Å². The second kappa shape index (κ2) is 13.2. The molecule has 1 aromatic heterocycles. The number of alkyl halides is 6. The third-order valence-electron chi connectivity index (χ3n) is 8.91. The van der Waals surface area contributed by atoms with E-state index in [1.165, 1.54) is 25.3 Å². The van der Waals surface area contributed by atoms with Crippen molar-refractivity contribution in [1.82, 2.24) is 14.8 Å². The SMILES string of the molecule is COc1cc(C(=O)N2CCC(N3CCOCC3)CC2)ccc1Cc1cc(Nc2cccc(C(F)(F)F)c2)c2c(n1)CC=C2C(F)(F)F.